The second kappa shape index (κ2) is 7.31. The lowest BCUT2D eigenvalue weighted by molar-refractivity contribution is -0.119. The van der Waals surface area contributed by atoms with Crippen LogP contribution in [0.1, 0.15) is 10.4 Å². The fraction of sp³-hybridized carbons (Fsp3) is 0.0667. The Bertz CT molecular complexity index is 814. The Hall–Kier alpha value is -2.61. The predicted molar refractivity (Wildman–Crippen MR) is 76.6 cm³/mol. The lowest BCUT2D eigenvalue weighted by Gasteiger charge is -2.08. The number of ether oxygens (including phenoxy) is 1. The highest BCUT2D eigenvalue weighted by Gasteiger charge is 2.17. The summed E-state index contributed by atoms with van der Waals surface area (Å²) in [6.07, 6.45) is 0. The molecule has 2 aromatic carbocycles. The summed E-state index contributed by atoms with van der Waals surface area (Å²) in [5.41, 5.74) is -0.792. The molecule has 0 aliphatic heterocycles. The quantitative estimate of drug-likeness (QED) is 0.513. The van der Waals surface area contributed by atoms with Crippen molar-refractivity contribution in [1.82, 2.24) is 0 Å². The molecular formula is C15H8ClF4NO3. The molecule has 0 aliphatic carbocycles. The number of benzene rings is 2. The molecule has 0 saturated heterocycles. The third-order valence-electron chi connectivity index (χ3n) is 2.79. The van der Waals surface area contributed by atoms with Crippen LogP contribution in [0.2, 0.25) is 5.02 Å². The Labute approximate surface area is 138 Å². The third kappa shape index (κ3) is 4.02. The Morgan fingerprint density at radius 2 is 1.75 bits per heavy atom. The summed E-state index contributed by atoms with van der Waals surface area (Å²) in [5.74, 6) is -7.42. The zero-order valence-electron chi connectivity index (χ0n) is 11.7. The van der Waals surface area contributed by atoms with Crippen LogP contribution in [0.5, 0.6) is 0 Å². The number of hydrogen-bond acceptors (Lipinski definition) is 3. The molecule has 9 heteroatoms. The number of carbonyl (C=O) groups excluding carboxylic acids is 2. The smallest absolute Gasteiger partial charge is 0.340 e. The van der Waals surface area contributed by atoms with E-state index < -0.39 is 47.4 Å². The maximum Gasteiger partial charge on any atom is 0.340 e. The van der Waals surface area contributed by atoms with Gasteiger partial charge in [-0.2, -0.15) is 0 Å². The lowest BCUT2D eigenvalue weighted by atomic mass is 10.2. The molecule has 2 rings (SSSR count). The highest BCUT2D eigenvalue weighted by Crippen LogP contribution is 2.20. The van der Waals surface area contributed by atoms with Crippen molar-refractivity contribution < 1.29 is 31.9 Å². The summed E-state index contributed by atoms with van der Waals surface area (Å²) in [4.78, 5) is 23.3. The second-order valence-electron chi connectivity index (χ2n) is 4.47. The van der Waals surface area contributed by atoms with Gasteiger partial charge < -0.3 is 10.1 Å². The maximum absolute atomic E-state index is 13.4. The van der Waals surface area contributed by atoms with E-state index in [2.05, 4.69) is 4.74 Å². The van der Waals surface area contributed by atoms with Crippen LogP contribution in [0.3, 0.4) is 0 Å². The minimum Gasteiger partial charge on any atom is -0.452 e. The van der Waals surface area contributed by atoms with E-state index in [9.17, 15) is 27.2 Å². The molecule has 0 atom stereocenters. The number of nitrogens with one attached hydrogen (secondary N) is 1. The molecular weight excluding hydrogens is 354 g/mol. The fourth-order valence-corrected chi connectivity index (χ4v) is 1.92. The van der Waals surface area contributed by atoms with Gasteiger partial charge in [-0.15, -0.1) is 0 Å². The average molecular weight is 362 g/mol. The monoisotopic (exact) mass is 361 g/mol. The molecule has 0 radical (unpaired) electrons. The van der Waals surface area contributed by atoms with Gasteiger partial charge in [0.05, 0.1) is 16.3 Å². The first-order valence-corrected chi connectivity index (χ1v) is 6.73. The molecule has 0 aliphatic rings. The van der Waals surface area contributed by atoms with Crippen LogP contribution in [0.25, 0.3) is 0 Å². The van der Waals surface area contributed by atoms with E-state index in [1.54, 1.807) is 0 Å². The fourth-order valence-electron chi connectivity index (χ4n) is 1.67. The topological polar surface area (TPSA) is 55.4 Å². The Kier molecular flexibility index (Phi) is 5.40. The third-order valence-corrected chi connectivity index (χ3v) is 3.11. The van der Waals surface area contributed by atoms with Crippen LogP contribution >= 0.6 is 11.6 Å². The highest BCUT2D eigenvalue weighted by molar-refractivity contribution is 6.33. The van der Waals surface area contributed by atoms with Crippen molar-refractivity contribution >= 4 is 29.2 Å². The molecule has 0 saturated carbocycles. The number of amides is 1. The summed E-state index contributed by atoms with van der Waals surface area (Å²) >= 11 is 5.65. The zero-order chi connectivity index (χ0) is 17.9. The first kappa shape index (κ1) is 17.7. The van der Waals surface area contributed by atoms with E-state index in [1.165, 1.54) is 0 Å². The van der Waals surface area contributed by atoms with E-state index in [-0.39, 0.29) is 10.6 Å². The Morgan fingerprint density at radius 3 is 2.42 bits per heavy atom. The molecule has 24 heavy (non-hydrogen) atoms. The van der Waals surface area contributed by atoms with E-state index >= 15 is 0 Å². The zero-order valence-corrected chi connectivity index (χ0v) is 12.5. The molecule has 2 aromatic rings. The molecule has 0 unspecified atom stereocenters. The lowest BCUT2D eigenvalue weighted by Crippen LogP contribution is -2.22. The van der Waals surface area contributed by atoms with Gasteiger partial charge in [0, 0.05) is 0 Å². The summed E-state index contributed by atoms with van der Waals surface area (Å²) in [6.45, 7) is -0.842. The predicted octanol–water partition coefficient (Wildman–Crippen LogP) is 3.69. The molecule has 4 nitrogen and oxygen atoms in total. The van der Waals surface area contributed by atoms with Gasteiger partial charge in [0.1, 0.15) is 5.82 Å². The van der Waals surface area contributed by atoms with Crippen molar-refractivity contribution in [1.29, 1.82) is 0 Å². The number of carbonyl (C=O) groups is 2. The van der Waals surface area contributed by atoms with Gasteiger partial charge in [-0.1, -0.05) is 11.6 Å². The van der Waals surface area contributed by atoms with Crippen LogP contribution in [0.15, 0.2) is 30.3 Å². The van der Waals surface area contributed by atoms with E-state index in [1.807, 2.05) is 5.32 Å². The van der Waals surface area contributed by atoms with Crippen LogP contribution in [-0.4, -0.2) is 18.5 Å². The number of hydrogen-bond donors (Lipinski definition) is 1. The normalized spacial score (nSPS) is 10.4. The Morgan fingerprint density at radius 1 is 1.04 bits per heavy atom. The molecule has 1 amide bonds. The second-order valence-corrected chi connectivity index (χ2v) is 4.88. The van der Waals surface area contributed by atoms with Crippen LogP contribution in [0.4, 0.5) is 23.2 Å². The molecule has 126 valence electrons. The van der Waals surface area contributed by atoms with Crippen molar-refractivity contribution in [2.24, 2.45) is 0 Å². The van der Waals surface area contributed by atoms with Gasteiger partial charge >= 0.3 is 5.97 Å². The van der Waals surface area contributed by atoms with Crippen LogP contribution in [0, 0.1) is 23.3 Å². The number of anilines is 1. The van der Waals surface area contributed by atoms with Gasteiger partial charge in [0.15, 0.2) is 24.1 Å². The van der Waals surface area contributed by atoms with Crippen LogP contribution < -0.4 is 5.32 Å². The summed E-state index contributed by atoms with van der Waals surface area (Å²) in [6, 6.07) is 4.35. The van der Waals surface area contributed by atoms with E-state index in [0.29, 0.717) is 6.07 Å². The first-order valence-electron chi connectivity index (χ1n) is 6.35. The molecule has 0 bridgehead atoms. The molecule has 0 aromatic heterocycles. The summed E-state index contributed by atoms with van der Waals surface area (Å²) in [7, 11) is 0. The van der Waals surface area contributed by atoms with E-state index in [4.69, 9.17) is 11.6 Å². The largest absolute Gasteiger partial charge is 0.452 e. The number of rotatable bonds is 4. The first-order chi connectivity index (χ1) is 11.3. The van der Waals surface area contributed by atoms with E-state index in [0.717, 1.165) is 24.3 Å². The van der Waals surface area contributed by atoms with Crippen LogP contribution in [-0.2, 0) is 9.53 Å². The number of halogens is 5. The molecule has 0 spiro atoms. The SMILES string of the molecule is O=C(COC(=O)c1ccc(F)cc1Cl)Nc1ccc(F)c(F)c1F. The maximum atomic E-state index is 13.4. The van der Waals surface area contributed by atoms with Gasteiger partial charge in [0.2, 0.25) is 0 Å². The van der Waals surface area contributed by atoms with Crippen molar-refractivity contribution in [3.63, 3.8) is 0 Å². The Balaban J connectivity index is 1.98. The molecule has 0 fully saturated rings. The van der Waals surface area contributed by atoms with Crippen molar-refractivity contribution in [3.8, 4) is 0 Å². The molecule has 1 N–H and O–H groups in total. The number of esters is 1. The van der Waals surface area contributed by atoms with Gasteiger partial charge in [0.25, 0.3) is 5.91 Å². The summed E-state index contributed by atoms with van der Waals surface area (Å²) < 4.78 is 56.7. The minimum absolute atomic E-state index is 0.176. The van der Waals surface area contributed by atoms with Gasteiger partial charge in [-0.25, -0.2) is 22.4 Å². The standard InChI is InChI=1S/C15H8ClF4NO3/c16-9-5-7(17)1-2-8(9)15(23)24-6-12(22)21-11-4-3-10(18)13(19)14(11)20/h1-5H,6H2,(H,21,22). The molecule has 0 heterocycles. The van der Waals surface area contributed by atoms with Gasteiger partial charge in [-0.05, 0) is 30.3 Å². The van der Waals surface area contributed by atoms with Crippen molar-refractivity contribution in [3.05, 3.63) is 64.2 Å². The summed E-state index contributed by atoms with van der Waals surface area (Å²) in [5, 5.41) is 1.70. The minimum atomic E-state index is -1.75. The van der Waals surface area contributed by atoms with Crippen molar-refractivity contribution in [2.45, 2.75) is 0 Å². The van der Waals surface area contributed by atoms with Crippen molar-refractivity contribution in [2.75, 3.05) is 11.9 Å². The average Bonchev–Trinajstić information content (AvgIpc) is 2.53. The highest BCUT2D eigenvalue weighted by atomic mass is 35.5. The van der Waals surface area contributed by atoms with Gasteiger partial charge in [-0.3, -0.25) is 4.79 Å².